The summed E-state index contributed by atoms with van der Waals surface area (Å²) in [4.78, 5) is 49.0. The molecule has 0 radical (unpaired) electrons. The number of phosphoric acid groups is 3. The van der Waals surface area contributed by atoms with E-state index in [-0.39, 0.29) is 5.88 Å². The highest BCUT2D eigenvalue weighted by Gasteiger charge is 2.55. The quantitative estimate of drug-likeness (QED) is 0.0800. The van der Waals surface area contributed by atoms with Crippen LogP contribution >= 0.6 is 23.5 Å². The molecule has 0 bridgehead atoms. The van der Waals surface area contributed by atoms with E-state index in [0.29, 0.717) is 4.57 Å². The Morgan fingerprint density at radius 3 is 1.45 bits per heavy atom. The van der Waals surface area contributed by atoms with E-state index in [2.05, 4.69) is 68.8 Å². The lowest BCUT2D eigenvalue weighted by Gasteiger charge is -2.27. The number of nitrogens with zero attached hydrogens (tertiary/aromatic N) is 3. The van der Waals surface area contributed by atoms with Gasteiger partial charge in [-0.2, -0.15) is 12.9 Å². The summed E-state index contributed by atoms with van der Waals surface area (Å²) in [5.74, 6) is -0.326. The number of methoxy groups -OCH3 is 1. The Hall–Kier alpha value is -1.27. The number of H-pyrrole nitrogens is 1. The second-order valence-electron chi connectivity index (χ2n) is 13.6. The second kappa shape index (κ2) is 27.5. The maximum atomic E-state index is 12.2. The van der Waals surface area contributed by atoms with Gasteiger partial charge in [0.25, 0.3) is 5.56 Å². The topological polar surface area (TPSA) is 249 Å². The fraction of sp³-hybridized carbons (Fsp3) is 0.882. The van der Waals surface area contributed by atoms with Crippen molar-refractivity contribution in [1.29, 1.82) is 0 Å². The van der Waals surface area contributed by atoms with Crippen molar-refractivity contribution >= 4 is 23.5 Å². The highest BCUT2D eigenvalue weighted by atomic mass is 31.3. The number of aliphatic hydroxyl groups excluding tert-OH is 2. The van der Waals surface area contributed by atoms with Crippen molar-refractivity contribution in [2.45, 2.75) is 143 Å². The summed E-state index contributed by atoms with van der Waals surface area (Å²) in [5, 5.41) is 20.3. The molecule has 2 unspecified atom stereocenters. The first-order valence-corrected chi connectivity index (χ1v) is 24.3. The Labute approximate surface area is 331 Å². The van der Waals surface area contributed by atoms with Gasteiger partial charge in [0.15, 0.2) is 6.23 Å². The number of aromatic nitrogens is 2. The van der Waals surface area contributed by atoms with Crippen LogP contribution in [0.2, 0.25) is 0 Å². The van der Waals surface area contributed by atoms with E-state index >= 15 is 0 Å². The van der Waals surface area contributed by atoms with Gasteiger partial charge in [0.05, 0.1) is 19.8 Å². The monoisotopic (exact) mass is 866 g/mol. The maximum Gasteiger partial charge on any atom is 0.492 e. The summed E-state index contributed by atoms with van der Waals surface area (Å²) in [7, 11) is -14.6. The number of aromatic amines is 1. The molecule has 330 valence electrons. The number of unbranched alkanes of at least 4 members (excludes halogenated alkanes) is 6. The zero-order valence-electron chi connectivity index (χ0n) is 34.3. The second-order valence-corrected chi connectivity index (χ2v) is 18.6. The molecule has 1 aromatic rings. The minimum Gasteiger partial charge on any atom is -0.482 e. The van der Waals surface area contributed by atoms with Gasteiger partial charge in [-0.3, -0.25) is 14.3 Å². The van der Waals surface area contributed by atoms with E-state index in [9.17, 15) is 43.3 Å². The molecule has 1 aromatic heterocycles. The summed E-state index contributed by atoms with van der Waals surface area (Å²) < 4.78 is 62.3. The van der Waals surface area contributed by atoms with Gasteiger partial charge in [-0.1, -0.05) is 80.1 Å². The van der Waals surface area contributed by atoms with Gasteiger partial charge in [-0.25, -0.2) is 23.1 Å². The fourth-order valence-corrected chi connectivity index (χ4v) is 10.5. The molecule has 2 fully saturated rings. The van der Waals surface area contributed by atoms with Crippen molar-refractivity contribution in [1.82, 2.24) is 19.4 Å². The van der Waals surface area contributed by atoms with Crippen molar-refractivity contribution in [3.05, 3.63) is 26.9 Å². The Morgan fingerprint density at radius 1 is 0.696 bits per heavy atom. The van der Waals surface area contributed by atoms with Crippen molar-refractivity contribution in [2.24, 2.45) is 0 Å². The average Bonchev–Trinajstić information content (AvgIpc) is 3.40. The summed E-state index contributed by atoms with van der Waals surface area (Å²) >= 11 is 0. The maximum absolute atomic E-state index is 12.2. The van der Waals surface area contributed by atoms with Crippen LogP contribution in [0.1, 0.15) is 125 Å². The van der Waals surface area contributed by atoms with Crippen LogP contribution in [0, 0.1) is 0 Å². The molecule has 56 heavy (non-hydrogen) atoms. The molecule has 22 heteroatoms. The molecular formula is C34H69N4O15P3. The summed E-state index contributed by atoms with van der Waals surface area (Å²) in [6.07, 6.45) is 9.44. The zero-order chi connectivity index (χ0) is 42.4. The first-order chi connectivity index (χ1) is 26.4. The van der Waals surface area contributed by atoms with Crippen LogP contribution in [-0.4, -0.2) is 111 Å². The summed E-state index contributed by atoms with van der Waals surface area (Å²) in [6, 6.07) is 0.868. The molecule has 2 aliphatic heterocycles. The lowest BCUT2D eigenvalue weighted by molar-refractivity contribution is -0.0573. The predicted molar refractivity (Wildman–Crippen MR) is 213 cm³/mol. The van der Waals surface area contributed by atoms with Crippen LogP contribution in [0.5, 0.6) is 5.88 Å². The van der Waals surface area contributed by atoms with Crippen LogP contribution in [0.3, 0.4) is 0 Å². The van der Waals surface area contributed by atoms with E-state index < -0.39 is 65.9 Å². The van der Waals surface area contributed by atoms with Gasteiger partial charge < -0.3 is 39.3 Å². The summed E-state index contributed by atoms with van der Waals surface area (Å²) in [5.41, 5.74) is -1.86. The van der Waals surface area contributed by atoms with Crippen molar-refractivity contribution in [3.8, 4) is 5.88 Å². The van der Waals surface area contributed by atoms with Gasteiger partial charge in [0, 0.05) is 0 Å². The fourth-order valence-electron chi connectivity index (χ4n) is 5.56. The molecule has 2 saturated heterocycles. The van der Waals surface area contributed by atoms with Gasteiger partial charge in [-0.15, -0.1) is 0 Å². The Balaban J connectivity index is 0.000000501. The lowest BCUT2D eigenvalue weighted by Crippen LogP contribution is -2.38. The number of nitrogens with one attached hydrogen (secondary N) is 1. The van der Waals surface area contributed by atoms with E-state index in [0.717, 1.165) is 13.2 Å². The minimum atomic E-state index is -5.27. The molecule has 0 aliphatic carbocycles. The average molecular weight is 867 g/mol. The number of ether oxygens (including phenoxy) is 2. The third-order valence-electron chi connectivity index (χ3n) is 8.72. The van der Waals surface area contributed by atoms with Crippen molar-refractivity contribution in [3.63, 3.8) is 0 Å². The molecule has 3 heterocycles. The highest BCUT2D eigenvalue weighted by Crippen LogP contribution is 2.80. The van der Waals surface area contributed by atoms with Crippen LogP contribution < -0.4 is 16.0 Å². The van der Waals surface area contributed by atoms with Gasteiger partial charge >= 0.3 is 29.2 Å². The molecule has 2 aliphatic rings. The zero-order valence-corrected chi connectivity index (χ0v) is 37.0. The number of rotatable bonds is 23. The van der Waals surface area contributed by atoms with Crippen LogP contribution in [0.4, 0.5) is 0 Å². The molecule has 0 aromatic carbocycles. The molecule has 6 atom stereocenters. The Morgan fingerprint density at radius 2 is 1.09 bits per heavy atom. The van der Waals surface area contributed by atoms with Gasteiger partial charge in [0.1, 0.15) is 18.3 Å². The predicted octanol–water partition coefficient (Wildman–Crippen LogP) is 5.93. The van der Waals surface area contributed by atoms with Crippen molar-refractivity contribution < 1.29 is 60.6 Å². The largest absolute Gasteiger partial charge is 0.492 e. The van der Waals surface area contributed by atoms with E-state index in [1.807, 2.05) is 4.98 Å². The number of hydrogen-bond acceptors (Lipinski definition) is 15. The number of aliphatic hydroxyl groups is 2. The Kier molecular flexibility index (Phi) is 25.9. The molecular weight excluding hydrogens is 797 g/mol. The van der Waals surface area contributed by atoms with E-state index in [4.69, 9.17) is 9.47 Å². The molecule has 3 rings (SSSR count). The van der Waals surface area contributed by atoms with E-state index in [1.165, 1.54) is 116 Å². The number of hydrogen-bond donors (Lipinski definition) is 5. The standard InChI is InChI=1S/2C12H27N.C10H15N2O15P3/c2*1-4-7-10-13(11-8-5-2)12-9-6-3;1-22-6-2-5(13)11-10(16)12(6)9-8(15)7(14)4(24-9)3-23-30(21)26-28(17,18)25-29(19,20)27-30/h2*4-12H2,1-3H3;2,4,7-9,14-15H,3H2,1H3,(H,17,18)(H,19,20)(H,11,13,16)/t;;4-,7-,8-,9-/m..1/s1. The SMILES string of the molecule is CCCCN(CCCC)CCCC.CCCCN(CCCC)CCCC.COc1cc(=O)[nH]c(=O)n1[C@@H]1O[C@H](COP2(=O)OP(=O)(O)OP(=O)(O)O2)[C@@H](O)[C@H]1O. The van der Waals surface area contributed by atoms with Gasteiger partial charge in [-0.05, 0) is 77.8 Å². The Bertz CT molecular complexity index is 1410. The normalized spacial score (nSPS) is 27.4. The third kappa shape index (κ3) is 19.7. The molecule has 0 saturated carbocycles. The first-order valence-electron chi connectivity index (χ1n) is 19.9. The first kappa shape index (κ1) is 52.7. The highest BCUT2D eigenvalue weighted by molar-refractivity contribution is 7.74. The van der Waals surface area contributed by atoms with Crippen LogP contribution in [0.15, 0.2) is 15.7 Å². The molecule has 0 amide bonds. The molecule has 0 spiro atoms. The van der Waals surface area contributed by atoms with Crippen molar-refractivity contribution in [2.75, 3.05) is 53.0 Å². The smallest absolute Gasteiger partial charge is 0.482 e. The lowest BCUT2D eigenvalue weighted by atomic mass is 10.1. The third-order valence-corrected chi connectivity index (χ3v) is 14.1. The molecule has 19 nitrogen and oxygen atoms in total. The molecule has 5 N–H and O–H groups in total. The summed E-state index contributed by atoms with van der Waals surface area (Å²) in [6.45, 7) is 20.6. The van der Waals surface area contributed by atoms with Gasteiger partial charge in [0.2, 0.25) is 5.88 Å². The minimum absolute atomic E-state index is 0.326. The van der Waals surface area contributed by atoms with Crippen LogP contribution in [0.25, 0.3) is 0 Å². The van der Waals surface area contributed by atoms with Crippen LogP contribution in [-0.2, 0) is 35.9 Å². The van der Waals surface area contributed by atoms with E-state index in [1.54, 1.807) is 0 Å².